The molecule has 1 aliphatic carbocycles. The summed E-state index contributed by atoms with van der Waals surface area (Å²) in [5.74, 6) is 1.44. The lowest BCUT2D eigenvalue weighted by molar-refractivity contribution is -0.132. The van der Waals surface area contributed by atoms with Gasteiger partial charge >= 0.3 is 0 Å². The second-order valence-corrected chi connectivity index (χ2v) is 10.0. The van der Waals surface area contributed by atoms with Crippen LogP contribution in [0.15, 0.2) is 4.99 Å². The number of hydrogen-bond acceptors (Lipinski definition) is 4. The number of rotatable bonds is 4. The minimum Gasteiger partial charge on any atom is -0.298 e. The largest absolute Gasteiger partial charge is 0.298 e. The summed E-state index contributed by atoms with van der Waals surface area (Å²) in [5, 5.41) is 0. The summed E-state index contributed by atoms with van der Waals surface area (Å²) in [7, 11) is -0.339. The lowest BCUT2D eigenvalue weighted by Crippen LogP contribution is -2.48. The van der Waals surface area contributed by atoms with E-state index in [0.29, 0.717) is 25.6 Å². The second-order valence-electron chi connectivity index (χ2n) is 7.91. The first kappa shape index (κ1) is 17.8. The van der Waals surface area contributed by atoms with Crippen molar-refractivity contribution in [1.82, 2.24) is 13.5 Å². The first-order chi connectivity index (χ1) is 11.1. The van der Waals surface area contributed by atoms with Crippen molar-refractivity contribution in [2.24, 2.45) is 22.7 Å². The van der Waals surface area contributed by atoms with Gasteiger partial charge in [0.1, 0.15) is 11.4 Å². The van der Waals surface area contributed by atoms with E-state index < -0.39 is 15.7 Å². The van der Waals surface area contributed by atoms with Crippen LogP contribution in [0.4, 0.5) is 0 Å². The standard InChI is InChI=1S/C16H28N4O3S/c1-11(2)8-20-12(3)17-16(15(20)21)7-6-13-9-19(10-14(13)16)24(22,23)18(4)5/h11,13-14H,6-10H2,1-5H3/t13-,14+,16-/m0/s1. The van der Waals surface area contributed by atoms with Gasteiger partial charge in [0.2, 0.25) is 0 Å². The highest BCUT2D eigenvalue weighted by Gasteiger charge is 2.61. The van der Waals surface area contributed by atoms with E-state index in [1.807, 2.05) is 6.92 Å². The van der Waals surface area contributed by atoms with Crippen LogP contribution in [0.2, 0.25) is 0 Å². The van der Waals surface area contributed by atoms with Gasteiger partial charge in [0.05, 0.1) is 0 Å². The zero-order valence-corrected chi connectivity index (χ0v) is 16.0. The average molecular weight is 356 g/mol. The molecule has 8 heteroatoms. The van der Waals surface area contributed by atoms with Gasteiger partial charge in [-0.25, -0.2) is 0 Å². The molecule has 0 aromatic heterocycles. The zero-order chi connectivity index (χ0) is 17.9. The molecule has 0 unspecified atom stereocenters. The van der Waals surface area contributed by atoms with E-state index in [4.69, 9.17) is 4.99 Å². The number of hydrogen-bond donors (Lipinski definition) is 0. The summed E-state index contributed by atoms with van der Waals surface area (Å²) >= 11 is 0. The number of amides is 1. The first-order valence-corrected chi connectivity index (χ1v) is 10.1. The van der Waals surface area contributed by atoms with Crippen LogP contribution in [-0.2, 0) is 15.0 Å². The minimum atomic E-state index is -3.44. The van der Waals surface area contributed by atoms with E-state index in [1.165, 1.54) is 8.61 Å². The van der Waals surface area contributed by atoms with Gasteiger partial charge in [-0.3, -0.25) is 14.7 Å². The molecule has 1 amide bonds. The van der Waals surface area contributed by atoms with Crippen LogP contribution in [0.1, 0.15) is 33.6 Å². The monoisotopic (exact) mass is 356 g/mol. The van der Waals surface area contributed by atoms with E-state index >= 15 is 0 Å². The van der Waals surface area contributed by atoms with Gasteiger partial charge in [0.15, 0.2) is 0 Å². The molecule has 0 bridgehead atoms. The highest BCUT2D eigenvalue weighted by atomic mass is 32.2. The molecule has 3 aliphatic rings. The fraction of sp³-hybridized carbons (Fsp3) is 0.875. The van der Waals surface area contributed by atoms with Crippen molar-refractivity contribution in [2.45, 2.75) is 39.2 Å². The van der Waals surface area contributed by atoms with E-state index in [9.17, 15) is 13.2 Å². The molecule has 2 aliphatic heterocycles. The number of amidine groups is 1. The molecular weight excluding hydrogens is 328 g/mol. The van der Waals surface area contributed by atoms with Crippen molar-refractivity contribution in [3.8, 4) is 0 Å². The predicted octanol–water partition coefficient (Wildman–Crippen LogP) is 0.790. The van der Waals surface area contributed by atoms with E-state index in [0.717, 1.165) is 18.7 Å². The Balaban J connectivity index is 1.86. The van der Waals surface area contributed by atoms with Gasteiger partial charge in [0.25, 0.3) is 16.1 Å². The molecule has 136 valence electrons. The van der Waals surface area contributed by atoms with Crippen LogP contribution in [-0.4, -0.2) is 72.9 Å². The highest BCUT2D eigenvalue weighted by Crippen LogP contribution is 2.50. The molecule has 7 nitrogen and oxygen atoms in total. The molecule has 0 radical (unpaired) electrons. The van der Waals surface area contributed by atoms with Crippen molar-refractivity contribution in [3.05, 3.63) is 0 Å². The van der Waals surface area contributed by atoms with Gasteiger partial charge in [-0.1, -0.05) is 13.8 Å². The summed E-state index contributed by atoms with van der Waals surface area (Å²) in [6.45, 7) is 7.63. The van der Waals surface area contributed by atoms with Gasteiger partial charge in [0, 0.05) is 39.6 Å². The Morgan fingerprint density at radius 2 is 2.00 bits per heavy atom. The summed E-state index contributed by atoms with van der Waals surface area (Å²) in [4.78, 5) is 19.7. The molecule has 2 heterocycles. The molecule has 0 aromatic carbocycles. The Labute approximate surface area is 144 Å². The van der Waals surface area contributed by atoms with E-state index in [-0.39, 0.29) is 17.7 Å². The third kappa shape index (κ3) is 2.50. The maximum absolute atomic E-state index is 13.1. The maximum atomic E-state index is 13.1. The van der Waals surface area contributed by atoms with Crippen LogP contribution < -0.4 is 0 Å². The van der Waals surface area contributed by atoms with Gasteiger partial charge in [-0.2, -0.15) is 17.0 Å². The van der Waals surface area contributed by atoms with Crippen molar-refractivity contribution in [1.29, 1.82) is 0 Å². The number of nitrogens with zero attached hydrogens (tertiary/aromatic N) is 4. The third-order valence-electron chi connectivity index (χ3n) is 5.62. The fourth-order valence-corrected chi connectivity index (χ4v) is 5.63. The number of aliphatic imine (C=N–C) groups is 1. The fourth-order valence-electron chi connectivity index (χ4n) is 4.44. The van der Waals surface area contributed by atoms with Crippen molar-refractivity contribution in [3.63, 3.8) is 0 Å². The van der Waals surface area contributed by atoms with Crippen molar-refractivity contribution < 1.29 is 13.2 Å². The van der Waals surface area contributed by atoms with Gasteiger partial charge in [-0.15, -0.1) is 0 Å². The van der Waals surface area contributed by atoms with Crippen molar-refractivity contribution in [2.75, 3.05) is 33.7 Å². The molecule has 24 heavy (non-hydrogen) atoms. The number of carbonyl (C=O) groups is 1. The molecule has 1 saturated heterocycles. The Morgan fingerprint density at radius 1 is 1.33 bits per heavy atom. The molecular formula is C16H28N4O3S. The Morgan fingerprint density at radius 3 is 2.58 bits per heavy atom. The number of fused-ring (bicyclic) bond motifs is 2. The predicted molar refractivity (Wildman–Crippen MR) is 92.8 cm³/mol. The summed E-state index contributed by atoms with van der Waals surface area (Å²) < 4.78 is 27.7. The van der Waals surface area contributed by atoms with E-state index in [1.54, 1.807) is 19.0 Å². The highest BCUT2D eigenvalue weighted by molar-refractivity contribution is 7.86. The van der Waals surface area contributed by atoms with Crippen LogP contribution in [0.3, 0.4) is 0 Å². The van der Waals surface area contributed by atoms with Crippen LogP contribution >= 0.6 is 0 Å². The Kier molecular flexibility index (Phi) is 4.29. The Hall–Kier alpha value is -0.990. The van der Waals surface area contributed by atoms with Crippen molar-refractivity contribution >= 4 is 22.0 Å². The average Bonchev–Trinajstić information content (AvgIpc) is 3.10. The third-order valence-corrected chi connectivity index (χ3v) is 7.49. The van der Waals surface area contributed by atoms with Crippen LogP contribution in [0.25, 0.3) is 0 Å². The minimum absolute atomic E-state index is 0.00756. The van der Waals surface area contributed by atoms with Gasteiger partial charge in [-0.05, 0) is 31.6 Å². The molecule has 3 atom stereocenters. The molecule has 2 fully saturated rings. The molecule has 0 N–H and O–H groups in total. The zero-order valence-electron chi connectivity index (χ0n) is 15.2. The molecule has 3 rings (SSSR count). The first-order valence-electron chi connectivity index (χ1n) is 8.65. The molecule has 0 aromatic rings. The SMILES string of the molecule is CC1=N[C@]2(CC[C@H]3CN(S(=O)(=O)N(C)C)C[C@H]32)C(=O)N1CC(C)C. The quantitative estimate of drug-likeness (QED) is 0.747. The maximum Gasteiger partial charge on any atom is 0.281 e. The summed E-state index contributed by atoms with van der Waals surface area (Å²) in [6.07, 6.45) is 1.60. The topological polar surface area (TPSA) is 73.3 Å². The molecule has 1 saturated carbocycles. The Bertz CT molecular complexity index is 673. The summed E-state index contributed by atoms with van der Waals surface area (Å²) in [6, 6.07) is 0. The van der Waals surface area contributed by atoms with Crippen LogP contribution in [0, 0.1) is 17.8 Å². The van der Waals surface area contributed by atoms with Gasteiger partial charge < -0.3 is 0 Å². The smallest absolute Gasteiger partial charge is 0.281 e. The summed E-state index contributed by atoms with van der Waals surface area (Å²) in [5.41, 5.74) is -0.736. The van der Waals surface area contributed by atoms with Crippen LogP contribution in [0.5, 0.6) is 0 Å². The lowest BCUT2D eigenvalue weighted by atomic mass is 9.85. The van der Waals surface area contributed by atoms with E-state index in [2.05, 4.69) is 13.8 Å². The lowest BCUT2D eigenvalue weighted by Gasteiger charge is -2.29. The molecule has 1 spiro atoms. The number of carbonyl (C=O) groups excluding carboxylic acids is 1. The second kappa shape index (κ2) is 5.78. The normalized spacial score (nSPS) is 34.0.